The van der Waals surface area contributed by atoms with E-state index < -0.39 is 0 Å². The Balaban J connectivity index is 0.00000132. The molecule has 11 rings (SSSR count). The molecule has 11 aromatic heterocycles. The third kappa shape index (κ3) is 43.3. The van der Waals surface area contributed by atoms with Gasteiger partial charge in [0.2, 0.25) is 0 Å². The van der Waals surface area contributed by atoms with Gasteiger partial charge in [-0.15, -0.1) is 0 Å². The number of pyridine rings is 11. The normalized spacial score (nSPS) is 10.5. The van der Waals surface area contributed by atoms with Crippen molar-refractivity contribution in [3.05, 3.63) is 320 Å². The number of hydrogen-bond acceptors (Lipinski definition) is 12. The van der Waals surface area contributed by atoms with Gasteiger partial charge in [0.25, 0.3) is 0 Å². The molecule has 0 radical (unpaired) electrons. The van der Waals surface area contributed by atoms with Crippen molar-refractivity contribution < 1.29 is 22.4 Å². The maximum absolute atomic E-state index is 13.0. The second kappa shape index (κ2) is 57.4. The van der Waals surface area contributed by atoms with Crippen LogP contribution in [0.1, 0.15) is 372 Å². The number of aryl methyl sites for hydroxylation is 12. The second-order valence-electron chi connectivity index (χ2n) is 34.0. The van der Waals surface area contributed by atoms with Crippen molar-refractivity contribution >= 4 is 40.6 Å². The number of Topliss-reactive ketones (excluding diaryl/α,β-unsaturated/α-hetero) is 1. The number of carbonyl (C=O) groups excluding carboxylic acids is 1. The highest BCUT2D eigenvalue weighted by atomic mass is 35.5. The van der Waals surface area contributed by atoms with E-state index in [1.807, 2.05) is 154 Å². The molecule has 0 N–H and O–H groups in total. The van der Waals surface area contributed by atoms with Crippen LogP contribution in [0, 0.1) is 106 Å². The van der Waals surface area contributed by atoms with Gasteiger partial charge in [0.15, 0.2) is 5.78 Å². The second-order valence-corrected chi connectivity index (χ2v) is 35.2. The number of nitrogens with zero attached hydrogens (tertiary/aromatic N) is 11. The van der Waals surface area contributed by atoms with Crippen molar-refractivity contribution in [1.82, 2.24) is 54.8 Å². The molecular weight excluding hydrogens is 1590 g/mol. The van der Waals surface area contributed by atoms with Crippen LogP contribution in [0.2, 0.25) is 15.1 Å². The topological polar surface area (TPSA) is 159 Å². The van der Waals surface area contributed by atoms with Crippen LogP contribution in [-0.2, 0) is 0 Å². The summed E-state index contributed by atoms with van der Waals surface area (Å²) in [5, 5.41) is 2.13. The van der Waals surface area contributed by atoms with Crippen molar-refractivity contribution in [2.45, 2.75) is 315 Å². The van der Waals surface area contributed by atoms with E-state index in [9.17, 15) is 22.4 Å². The summed E-state index contributed by atoms with van der Waals surface area (Å²) in [5.74, 6) is 3.12. The summed E-state index contributed by atoms with van der Waals surface area (Å²) in [6, 6.07) is 26.4. The molecule has 0 spiro atoms. The number of ketones is 1. The first kappa shape index (κ1) is 113. The fraction of sp³-hybridized carbons (Fsp3) is 0.456. The number of hydrogen-bond donors (Lipinski definition) is 0. The van der Waals surface area contributed by atoms with Gasteiger partial charge in [-0.2, -0.15) is 0 Å². The van der Waals surface area contributed by atoms with E-state index in [0.29, 0.717) is 68.9 Å². The van der Waals surface area contributed by atoms with Crippen molar-refractivity contribution in [1.29, 1.82) is 0 Å². The standard InChI is InChI=1S/C10H12ClNO.2C10H15N.2C9H12ClN.4C9H12FN.2C9H13N.CH4/c1-6(2)10-9(11)4-8(5-12-10)7(3)13;1-7(2)10-9(4)5-8(3)6-11-10;1-7(2)10-6-5-8(3)9(4)11-10;6*1-6(2)9-8(10)4-7(3)5-11-9;2*1-7(2)9-5-4-8(3)6-10-9;/h4-6H,1-3H3;2*5-7H,1-4H3;6*4-6H,1-3H3;2*4-7H,1-3H3;1H4. The molecule has 11 heterocycles. The highest BCUT2D eigenvalue weighted by molar-refractivity contribution is 6.32. The maximum atomic E-state index is 13.0. The Morgan fingerprint density at radius 3 is 0.697 bits per heavy atom. The van der Waals surface area contributed by atoms with Crippen molar-refractivity contribution in [3.63, 3.8) is 0 Å². The molecule has 0 unspecified atom stereocenters. The molecular formula is C103H144Cl3F4N11O. The van der Waals surface area contributed by atoms with Gasteiger partial charge in [0.05, 0.1) is 54.9 Å². The fourth-order valence-corrected chi connectivity index (χ4v) is 12.1. The molecule has 0 bridgehead atoms. The van der Waals surface area contributed by atoms with E-state index >= 15 is 0 Å². The lowest BCUT2D eigenvalue weighted by Gasteiger charge is -2.07. The highest BCUT2D eigenvalue weighted by Crippen LogP contribution is 2.27. The molecule has 0 aliphatic carbocycles. The van der Waals surface area contributed by atoms with Crippen LogP contribution in [0.5, 0.6) is 0 Å². The molecule has 666 valence electrons. The quantitative estimate of drug-likeness (QED) is 0.0843. The largest absolute Gasteiger partial charge is 0.294 e. The first-order valence-electron chi connectivity index (χ1n) is 41.9. The molecule has 0 saturated heterocycles. The zero-order valence-electron chi connectivity index (χ0n) is 79.2. The predicted molar refractivity (Wildman–Crippen MR) is 510 cm³/mol. The van der Waals surface area contributed by atoms with E-state index in [4.69, 9.17) is 34.8 Å². The van der Waals surface area contributed by atoms with Crippen LogP contribution >= 0.6 is 34.8 Å². The van der Waals surface area contributed by atoms with Gasteiger partial charge in [-0.3, -0.25) is 59.6 Å². The van der Waals surface area contributed by atoms with Gasteiger partial charge in [0, 0.05) is 96.0 Å². The number of halogens is 7. The van der Waals surface area contributed by atoms with E-state index in [2.05, 4.69) is 222 Å². The van der Waals surface area contributed by atoms with E-state index in [-0.39, 0.29) is 66.1 Å². The first-order chi connectivity index (χ1) is 56.3. The third-order valence-corrected chi connectivity index (χ3v) is 18.9. The summed E-state index contributed by atoms with van der Waals surface area (Å²) < 4.78 is 52.2. The van der Waals surface area contributed by atoms with Crippen LogP contribution in [0.15, 0.2) is 147 Å². The van der Waals surface area contributed by atoms with Crippen LogP contribution in [-0.4, -0.2) is 60.6 Å². The molecule has 11 aromatic rings. The average molecular weight is 1730 g/mol. The Morgan fingerprint density at radius 2 is 0.484 bits per heavy atom. The van der Waals surface area contributed by atoms with Crippen molar-refractivity contribution in [2.75, 3.05) is 0 Å². The molecule has 0 aliphatic rings. The van der Waals surface area contributed by atoms with Gasteiger partial charge in [-0.1, -0.05) is 219 Å². The van der Waals surface area contributed by atoms with Crippen LogP contribution in [0.3, 0.4) is 0 Å². The number of rotatable bonds is 12. The summed E-state index contributed by atoms with van der Waals surface area (Å²) in [5.41, 5.74) is 23.4. The zero-order chi connectivity index (χ0) is 92.6. The fourth-order valence-electron chi connectivity index (χ4n) is 10.8. The minimum absolute atomic E-state index is 0. The lowest BCUT2D eigenvalue weighted by molar-refractivity contribution is 0.101. The molecule has 0 atom stereocenters. The number of aromatic nitrogens is 11. The highest BCUT2D eigenvalue weighted by Gasteiger charge is 2.14. The van der Waals surface area contributed by atoms with Gasteiger partial charge < -0.3 is 0 Å². The Bertz CT molecular complexity index is 4300. The Kier molecular flexibility index (Phi) is 53.1. The molecule has 0 amide bonds. The molecule has 19 heteroatoms. The van der Waals surface area contributed by atoms with Crippen LogP contribution in [0.4, 0.5) is 17.6 Å². The molecule has 0 fully saturated rings. The van der Waals surface area contributed by atoms with Crippen LogP contribution < -0.4 is 0 Å². The zero-order valence-corrected chi connectivity index (χ0v) is 81.4. The van der Waals surface area contributed by atoms with Gasteiger partial charge >= 0.3 is 0 Å². The molecule has 0 aliphatic heterocycles. The van der Waals surface area contributed by atoms with E-state index in [1.54, 1.807) is 37.1 Å². The Labute approximate surface area is 748 Å². The molecule has 0 saturated carbocycles. The molecule has 0 aromatic carbocycles. The minimum Gasteiger partial charge on any atom is -0.294 e. The van der Waals surface area contributed by atoms with E-state index in [1.165, 1.54) is 81.8 Å². The van der Waals surface area contributed by atoms with Gasteiger partial charge in [-0.05, 0) is 277 Å². The lowest BCUT2D eigenvalue weighted by Crippen LogP contribution is -1.98. The molecule has 122 heavy (non-hydrogen) atoms. The summed E-state index contributed by atoms with van der Waals surface area (Å²) >= 11 is 17.9. The van der Waals surface area contributed by atoms with Gasteiger partial charge in [0.1, 0.15) is 23.3 Å². The van der Waals surface area contributed by atoms with E-state index in [0.717, 1.165) is 66.2 Å². The first-order valence-corrected chi connectivity index (χ1v) is 43.0. The number of carbonyl (C=O) groups is 1. The molecule has 12 nitrogen and oxygen atoms in total. The maximum Gasteiger partial charge on any atom is 0.161 e. The summed E-state index contributed by atoms with van der Waals surface area (Å²) in [4.78, 5) is 57.0. The van der Waals surface area contributed by atoms with Gasteiger partial charge in [-0.25, -0.2) is 17.6 Å². The monoisotopic (exact) mass is 1730 g/mol. The van der Waals surface area contributed by atoms with Crippen molar-refractivity contribution in [3.8, 4) is 0 Å². The minimum atomic E-state index is -0.194. The smallest absolute Gasteiger partial charge is 0.161 e. The predicted octanol–water partition coefficient (Wildman–Crippen LogP) is 31.3. The summed E-state index contributed by atoms with van der Waals surface area (Å²) in [6.45, 7) is 70.4. The summed E-state index contributed by atoms with van der Waals surface area (Å²) in [7, 11) is 0. The average Bonchev–Trinajstić information content (AvgIpc) is 0.842. The lowest BCUT2D eigenvalue weighted by atomic mass is 10.0. The Hall–Kier alpha value is -9.09. The Morgan fingerprint density at radius 1 is 0.254 bits per heavy atom. The van der Waals surface area contributed by atoms with Crippen molar-refractivity contribution in [2.24, 2.45) is 0 Å². The van der Waals surface area contributed by atoms with Crippen LogP contribution in [0.25, 0.3) is 0 Å². The SMILES string of the molecule is C.CC(=O)c1cnc(C(C)C)c(Cl)c1.Cc1ccc(C(C)C)nc1.Cc1ccc(C(C)C)nc1.Cc1ccc(C(C)C)nc1C.Cc1cnc(C(C)C)c(C)c1.Cc1cnc(C(C)C)c(Cl)c1.Cc1cnc(C(C)C)c(Cl)c1.Cc1cnc(C(C)C)c(F)c1.Cc1cnc(C(C)C)c(F)c1.Cc1cnc(C(C)C)c(F)c1.Cc1cnc(C(C)C)c(F)c1. The summed E-state index contributed by atoms with van der Waals surface area (Å²) in [6.07, 6.45) is 17.8. The third-order valence-electron chi connectivity index (χ3n) is 18.0.